The fourth-order valence-electron chi connectivity index (χ4n) is 5.94. The molecule has 2 unspecified atom stereocenters. The van der Waals surface area contributed by atoms with Crippen molar-refractivity contribution in [2.45, 2.75) is 55.7 Å². The van der Waals surface area contributed by atoms with Crippen molar-refractivity contribution in [3.63, 3.8) is 0 Å². The molecule has 0 radical (unpaired) electrons. The van der Waals surface area contributed by atoms with E-state index < -0.39 is 11.1 Å². The molecule has 0 bridgehead atoms. The monoisotopic (exact) mass is 439 g/mol. The van der Waals surface area contributed by atoms with E-state index in [9.17, 15) is 9.90 Å². The first-order valence-electron chi connectivity index (χ1n) is 11.4. The standard InChI is InChI=1S/C25H30ClN3O2/c26-20-11-9-19(10-12-20)25(31)13-5-4-8-22(25)28-16-14-24(15-17-28)23(30)27-18-29(24)21-6-2-1-3-7-21/h1-3,6-7,9-12,22,31H,4-5,8,13-18H2,(H,27,30). The van der Waals surface area contributed by atoms with Crippen molar-refractivity contribution in [2.75, 3.05) is 24.7 Å². The lowest BCUT2D eigenvalue weighted by Gasteiger charge is -2.51. The lowest BCUT2D eigenvalue weighted by Crippen LogP contribution is -2.61. The molecule has 2 N–H and O–H groups in total. The number of anilines is 1. The number of para-hydroxylation sites is 1. The zero-order valence-corrected chi connectivity index (χ0v) is 18.5. The van der Waals surface area contributed by atoms with Crippen LogP contribution in [0.2, 0.25) is 5.02 Å². The maximum atomic E-state index is 13.0. The van der Waals surface area contributed by atoms with Gasteiger partial charge in [-0.25, -0.2) is 0 Å². The molecule has 2 atom stereocenters. The summed E-state index contributed by atoms with van der Waals surface area (Å²) in [6.07, 6.45) is 5.41. The Morgan fingerprint density at radius 3 is 2.39 bits per heavy atom. The Kier molecular flexibility index (Phi) is 5.45. The first kappa shape index (κ1) is 20.8. The molecule has 2 aromatic rings. The zero-order chi connectivity index (χ0) is 21.5. The van der Waals surface area contributed by atoms with Gasteiger partial charge in [-0.2, -0.15) is 0 Å². The number of hydrogen-bond donors (Lipinski definition) is 2. The third-order valence-corrected chi connectivity index (χ3v) is 7.90. The Balaban J connectivity index is 1.37. The summed E-state index contributed by atoms with van der Waals surface area (Å²) in [6, 6.07) is 17.9. The van der Waals surface area contributed by atoms with Crippen LogP contribution in [0.25, 0.3) is 0 Å². The number of carbonyl (C=O) groups is 1. The second kappa shape index (κ2) is 8.12. The van der Waals surface area contributed by atoms with Gasteiger partial charge in [-0.1, -0.05) is 54.8 Å². The highest BCUT2D eigenvalue weighted by Crippen LogP contribution is 2.43. The van der Waals surface area contributed by atoms with Crippen LogP contribution in [0.15, 0.2) is 54.6 Å². The maximum Gasteiger partial charge on any atom is 0.247 e. The minimum Gasteiger partial charge on any atom is -0.384 e. The molecule has 5 nitrogen and oxygen atoms in total. The van der Waals surface area contributed by atoms with Crippen molar-refractivity contribution in [1.29, 1.82) is 0 Å². The molecular formula is C25H30ClN3O2. The number of nitrogens with one attached hydrogen (secondary N) is 1. The van der Waals surface area contributed by atoms with Crippen LogP contribution in [0.4, 0.5) is 5.69 Å². The van der Waals surface area contributed by atoms with Crippen LogP contribution in [0.5, 0.6) is 0 Å². The van der Waals surface area contributed by atoms with Crippen molar-refractivity contribution < 1.29 is 9.90 Å². The van der Waals surface area contributed by atoms with E-state index in [-0.39, 0.29) is 11.9 Å². The summed E-state index contributed by atoms with van der Waals surface area (Å²) in [7, 11) is 0. The van der Waals surface area contributed by atoms with Gasteiger partial charge in [0.2, 0.25) is 5.91 Å². The number of piperidine rings is 1. The Morgan fingerprint density at radius 1 is 0.968 bits per heavy atom. The van der Waals surface area contributed by atoms with E-state index in [2.05, 4.69) is 27.2 Å². The lowest BCUT2D eigenvalue weighted by atomic mass is 9.73. The fourth-order valence-corrected chi connectivity index (χ4v) is 6.06. The molecule has 2 heterocycles. The Morgan fingerprint density at radius 2 is 1.68 bits per heavy atom. The van der Waals surface area contributed by atoms with E-state index in [0.717, 1.165) is 62.9 Å². The van der Waals surface area contributed by atoms with Crippen LogP contribution in [0.1, 0.15) is 44.1 Å². The molecule has 3 fully saturated rings. The normalized spacial score (nSPS) is 28.6. The van der Waals surface area contributed by atoms with Gasteiger partial charge in [-0.05, 0) is 55.5 Å². The van der Waals surface area contributed by atoms with Crippen LogP contribution in [-0.4, -0.2) is 47.3 Å². The summed E-state index contributed by atoms with van der Waals surface area (Å²) in [6.45, 7) is 2.16. The molecule has 2 saturated heterocycles. The van der Waals surface area contributed by atoms with E-state index in [1.54, 1.807) is 0 Å². The number of aliphatic hydroxyl groups is 1. The molecular weight excluding hydrogens is 410 g/mol. The summed E-state index contributed by atoms with van der Waals surface area (Å²) < 4.78 is 0. The number of halogens is 1. The molecule has 31 heavy (non-hydrogen) atoms. The average Bonchev–Trinajstić information content (AvgIpc) is 3.11. The smallest absolute Gasteiger partial charge is 0.247 e. The van der Waals surface area contributed by atoms with Crippen LogP contribution in [-0.2, 0) is 10.4 Å². The summed E-state index contributed by atoms with van der Waals surface area (Å²) in [5.41, 5.74) is 0.672. The van der Waals surface area contributed by atoms with Crippen LogP contribution >= 0.6 is 11.6 Å². The number of nitrogens with zero attached hydrogens (tertiary/aromatic N) is 2. The minimum atomic E-state index is -0.871. The maximum absolute atomic E-state index is 13.0. The topological polar surface area (TPSA) is 55.8 Å². The third-order valence-electron chi connectivity index (χ3n) is 7.65. The summed E-state index contributed by atoms with van der Waals surface area (Å²) in [5, 5.41) is 15.6. The van der Waals surface area contributed by atoms with Crippen molar-refractivity contribution in [1.82, 2.24) is 10.2 Å². The quantitative estimate of drug-likeness (QED) is 0.761. The molecule has 2 aromatic carbocycles. The molecule has 0 aromatic heterocycles. The zero-order valence-electron chi connectivity index (χ0n) is 17.8. The summed E-state index contributed by atoms with van der Waals surface area (Å²) >= 11 is 6.09. The van der Waals surface area contributed by atoms with Crippen molar-refractivity contribution in [2.24, 2.45) is 0 Å². The highest BCUT2D eigenvalue weighted by Gasteiger charge is 2.53. The van der Waals surface area contributed by atoms with Gasteiger partial charge < -0.3 is 15.3 Å². The van der Waals surface area contributed by atoms with Crippen LogP contribution in [0, 0.1) is 0 Å². The molecule has 3 aliphatic rings. The van der Waals surface area contributed by atoms with Crippen molar-refractivity contribution >= 4 is 23.2 Å². The van der Waals surface area contributed by atoms with Crippen molar-refractivity contribution in [3.05, 3.63) is 65.2 Å². The molecule has 164 valence electrons. The number of likely N-dealkylation sites (tertiary alicyclic amines) is 1. The lowest BCUT2D eigenvalue weighted by molar-refractivity contribution is -0.127. The Hall–Kier alpha value is -2.08. The second-order valence-electron chi connectivity index (χ2n) is 9.19. The largest absolute Gasteiger partial charge is 0.384 e. The van der Waals surface area contributed by atoms with Gasteiger partial charge in [-0.15, -0.1) is 0 Å². The van der Waals surface area contributed by atoms with Crippen molar-refractivity contribution in [3.8, 4) is 0 Å². The number of benzene rings is 2. The molecule has 5 rings (SSSR count). The SMILES string of the molecule is O=C1NCN(c2ccccc2)C12CCN(C1CCCCC1(O)c1ccc(Cl)cc1)CC2. The molecule has 1 amide bonds. The van der Waals surface area contributed by atoms with E-state index in [1.165, 1.54) is 0 Å². The minimum absolute atomic E-state index is 0.0643. The van der Waals surface area contributed by atoms with Crippen LogP contribution in [0.3, 0.4) is 0 Å². The molecule has 2 aliphatic heterocycles. The first-order chi connectivity index (χ1) is 15.0. The van der Waals surface area contributed by atoms with E-state index in [4.69, 9.17) is 11.6 Å². The van der Waals surface area contributed by atoms with Gasteiger partial charge in [-0.3, -0.25) is 9.69 Å². The molecule has 1 aliphatic carbocycles. The molecule has 1 saturated carbocycles. The second-order valence-corrected chi connectivity index (χ2v) is 9.62. The molecule has 6 heteroatoms. The number of rotatable bonds is 3. The van der Waals surface area contributed by atoms with E-state index in [1.807, 2.05) is 42.5 Å². The Labute approximate surface area is 189 Å². The predicted molar refractivity (Wildman–Crippen MR) is 123 cm³/mol. The highest BCUT2D eigenvalue weighted by molar-refractivity contribution is 6.30. The first-order valence-corrected chi connectivity index (χ1v) is 11.7. The van der Waals surface area contributed by atoms with Gasteiger partial charge in [0.15, 0.2) is 0 Å². The number of hydrogen-bond acceptors (Lipinski definition) is 4. The van der Waals surface area contributed by atoms with Gasteiger partial charge in [0.1, 0.15) is 11.1 Å². The summed E-state index contributed by atoms with van der Waals surface area (Å²) in [5.74, 6) is 0.132. The fraction of sp³-hybridized carbons (Fsp3) is 0.480. The third kappa shape index (κ3) is 3.53. The van der Waals surface area contributed by atoms with Gasteiger partial charge in [0.25, 0.3) is 0 Å². The predicted octanol–water partition coefficient (Wildman–Crippen LogP) is 3.90. The van der Waals surface area contributed by atoms with Gasteiger partial charge in [0, 0.05) is 29.8 Å². The van der Waals surface area contributed by atoms with E-state index >= 15 is 0 Å². The van der Waals surface area contributed by atoms with Gasteiger partial charge in [0.05, 0.1) is 6.67 Å². The number of amides is 1. The molecule has 1 spiro atoms. The van der Waals surface area contributed by atoms with Gasteiger partial charge >= 0.3 is 0 Å². The summed E-state index contributed by atoms with van der Waals surface area (Å²) in [4.78, 5) is 17.6. The number of carbonyl (C=O) groups excluding carboxylic acids is 1. The Bertz CT molecular complexity index is 928. The van der Waals surface area contributed by atoms with Crippen LogP contribution < -0.4 is 10.2 Å². The van der Waals surface area contributed by atoms with E-state index in [0.29, 0.717) is 11.7 Å². The highest BCUT2D eigenvalue weighted by atomic mass is 35.5. The average molecular weight is 440 g/mol.